The Morgan fingerprint density at radius 3 is 2.79 bits per heavy atom. The maximum Gasteiger partial charge on any atom is 0.123 e. The number of rotatable bonds is 4. The van der Waals surface area contributed by atoms with Crippen molar-refractivity contribution in [2.24, 2.45) is 5.73 Å². The highest BCUT2D eigenvalue weighted by molar-refractivity contribution is 5.35. The van der Waals surface area contributed by atoms with Gasteiger partial charge in [-0.2, -0.15) is 0 Å². The molecule has 0 bridgehead atoms. The molecule has 1 aliphatic rings. The van der Waals surface area contributed by atoms with Crippen molar-refractivity contribution in [1.82, 2.24) is 9.80 Å². The number of methoxy groups -OCH3 is 1. The van der Waals surface area contributed by atoms with E-state index in [-0.39, 0.29) is 6.04 Å². The number of hydrogen-bond donors (Lipinski definition) is 1. The molecule has 0 amide bonds. The first-order chi connectivity index (χ1) is 9.11. The molecule has 19 heavy (non-hydrogen) atoms. The summed E-state index contributed by atoms with van der Waals surface area (Å²) < 4.78 is 5.39. The lowest BCUT2D eigenvalue weighted by atomic mass is 10.0. The van der Waals surface area contributed by atoms with Crippen LogP contribution >= 0.6 is 0 Å². The molecular formula is C15H25N3O. The van der Waals surface area contributed by atoms with Crippen LogP contribution in [0, 0.1) is 0 Å². The van der Waals surface area contributed by atoms with Gasteiger partial charge in [0.05, 0.1) is 7.11 Å². The minimum absolute atomic E-state index is 0.00626. The fourth-order valence-electron chi connectivity index (χ4n) is 2.64. The van der Waals surface area contributed by atoms with E-state index in [4.69, 9.17) is 10.5 Å². The number of piperazine rings is 1. The van der Waals surface area contributed by atoms with E-state index in [1.165, 1.54) is 0 Å². The van der Waals surface area contributed by atoms with Gasteiger partial charge in [0.2, 0.25) is 0 Å². The minimum Gasteiger partial charge on any atom is -0.496 e. The molecule has 1 saturated heterocycles. The Kier molecular flexibility index (Phi) is 4.80. The highest BCUT2D eigenvalue weighted by Gasteiger charge is 2.23. The molecule has 106 valence electrons. The van der Waals surface area contributed by atoms with E-state index >= 15 is 0 Å². The van der Waals surface area contributed by atoms with Gasteiger partial charge in [-0.05, 0) is 20.0 Å². The zero-order chi connectivity index (χ0) is 13.8. The summed E-state index contributed by atoms with van der Waals surface area (Å²) in [5, 5.41) is 0. The van der Waals surface area contributed by atoms with E-state index in [2.05, 4.69) is 29.8 Å². The Hall–Kier alpha value is -1.10. The first-order valence-corrected chi connectivity index (χ1v) is 6.93. The van der Waals surface area contributed by atoms with Crippen molar-refractivity contribution in [3.63, 3.8) is 0 Å². The van der Waals surface area contributed by atoms with Gasteiger partial charge >= 0.3 is 0 Å². The minimum atomic E-state index is 0.00626. The lowest BCUT2D eigenvalue weighted by molar-refractivity contribution is 0.100. The van der Waals surface area contributed by atoms with Crippen LogP contribution in [-0.4, -0.2) is 56.2 Å². The summed E-state index contributed by atoms with van der Waals surface area (Å²) >= 11 is 0. The number of benzene rings is 1. The quantitative estimate of drug-likeness (QED) is 0.890. The van der Waals surface area contributed by atoms with E-state index in [0.717, 1.165) is 37.5 Å². The Balaban J connectivity index is 1.99. The number of nitrogens with zero attached hydrogens (tertiary/aromatic N) is 2. The number of nitrogens with two attached hydrogens (primary N) is 1. The average molecular weight is 263 g/mol. The van der Waals surface area contributed by atoms with Crippen LogP contribution in [-0.2, 0) is 0 Å². The van der Waals surface area contributed by atoms with Crippen molar-refractivity contribution >= 4 is 0 Å². The topological polar surface area (TPSA) is 41.7 Å². The van der Waals surface area contributed by atoms with Gasteiger partial charge in [0.15, 0.2) is 0 Å². The molecule has 1 heterocycles. The Bertz CT molecular complexity index is 410. The highest BCUT2D eigenvalue weighted by Crippen LogP contribution is 2.24. The molecule has 0 spiro atoms. The van der Waals surface area contributed by atoms with Gasteiger partial charge in [0.25, 0.3) is 0 Å². The molecule has 2 rings (SSSR count). The van der Waals surface area contributed by atoms with Crippen molar-refractivity contribution in [3.8, 4) is 5.75 Å². The van der Waals surface area contributed by atoms with Crippen molar-refractivity contribution in [2.45, 2.75) is 19.0 Å². The van der Waals surface area contributed by atoms with Crippen LogP contribution in [0.4, 0.5) is 0 Å². The summed E-state index contributed by atoms with van der Waals surface area (Å²) in [7, 11) is 3.88. The van der Waals surface area contributed by atoms with Gasteiger partial charge in [0.1, 0.15) is 5.75 Å². The molecule has 1 fully saturated rings. The second-order valence-electron chi connectivity index (χ2n) is 5.44. The largest absolute Gasteiger partial charge is 0.496 e. The smallest absolute Gasteiger partial charge is 0.123 e. The van der Waals surface area contributed by atoms with E-state index < -0.39 is 0 Å². The molecule has 4 heteroatoms. The van der Waals surface area contributed by atoms with Crippen LogP contribution in [0.3, 0.4) is 0 Å². The zero-order valence-corrected chi connectivity index (χ0v) is 12.2. The predicted octanol–water partition coefficient (Wildman–Crippen LogP) is 1.33. The third kappa shape index (κ3) is 3.47. The van der Waals surface area contributed by atoms with Crippen LogP contribution < -0.4 is 10.5 Å². The van der Waals surface area contributed by atoms with Crippen LogP contribution in [0.25, 0.3) is 0 Å². The molecule has 0 aliphatic carbocycles. The fourth-order valence-corrected chi connectivity index (χ4v) is 2.64. The third-order valence-electron chi connectivity index (χ3n) is 4.04. The molecule has 1 aromatic carbocycles. The summed E-state index contributed by atoms with van der Waals surface area (Å²) in [6, 6.07) is 8.63. The standard InChI is InChI=1S/C15H25N3O/c1-12-10-18(9-8-17(12)2)11-14(16)13-6-4-5-7-15(13)19-3/h4-7,12,14H,8-11,16H2,1-3H3. The Morgan fingerprint density at radius 2 is 2.11 bits per heavy atom. The van der Waals surface area contributed by atoms with E-state index in [1.807, 2.05) is 18.2 Å². The second-order valence-corrected chi connectivity index (χ2v) is 5.44. The third-order valence-corrected chi connectivity index (χ3v) is 4.04. The van der Waals surface area contributed by atoms with Crippen molar-refractivity contribution in [3.05, 3.63) is 29.8 Å². The van der Waals surface area contributed by atoms with Crippen molar-refractivity contribution < 1.29 is 4.74 Å². The van der Waals surface area contributed by atoms with Gasteiger partial charge in [-0.3, -0.25) is 4.90 Å². The summed E-state index contributed by atoms with van der Waals surface area (Å²) in [5.74, 6) is 0.886. The summed E-state index contributed by atoms with van der Waals surface area (Å²) in [6.45, 7) is 6.43. The summed E-state index contributed by atoms with van der Waals surface area (Å²) in [6.07, 6.45) is 0. The molecule has 2 atom stereocenters. The maximum absolute atomic E-state index is 6.35. The normalized spacial score (nSPS) is 23.3. The van der Waals surface area contributed by atoms with Crippen molar-refractivity contribution in [1.29, 1.82) is 0 Å². The first kappa shape index (κ1) is 14.3. The van der Waals surface area contributed by atoms with Crippen LogP contribution in [0.15, 0.2) is 24.3 Å². The van der Waals surface area contributed by atoms with E-state index in [1.54, 1.807) is 7.11 Å². The summed E-state index contributed by atoms with van der Waals surface area (Å²) in [4.78, 5) is 4.84. The maximum atomic E-state index is 6.35. The van der Waals surface area contributed by atoms with Gasteiger partial charge < -0.3 is 15.4 Å². The number of ether oxygens (including phenoxy) is 1. The van der Waals surface area contributed by atoms with Crippen LogP contribution in [0.5, 0.6) is 5.75 Å². The molecule has 0 saturated carbocycles. The monoisotopic (exact) mass is 263 g/mol. The molecule has 2 N–H and O–H groups in total. The van der Waals surface area contributed by atoms with Gasteiger partial charge in [0, 0.05) is 43.8 Å². The molecule has 0 radical (unpaired) electrons. The predicted molar refractivity (Wildman–Crippen MR) is 78.5 cm³/mol. The van der Waals surface area contributed by atoms with E-state index in [0.29, 0.717) is 6.04 Å². The number of hydrogen-bond acceptors (Lipinski definition) is 4. The Morgan fingerprint density at radius 1 is 1.37 bits per heavy atom. The average Bonchev–Trinajstić information content (AvgIpc) is 2.43. The summed E-state index contributed by atoms with van der Waals surface area (Å²) in [5.41, 5.74) is 7.44. The molecular weight excluding hydrogens is 238 g/mol. The molecule has 1 aliphatic heterocycles. The SMILES string of the molecule is COc1ccccc1C(N)CN1CCN(C)C(C)C1. The van der Waals surface area contributed by atoms with Crippen LogP contribution in [0.2, 0.25) is 0 Å². The second kappa shape index (κ2) is 6.37. The van der Waals surface area contributed by atoms with Gasteiger partial charge in [-0.1, -0.05) is 18.2 Å². The van der Waals surface area contributed by atoms with Crippen molar-refractivity contribution in [2.75, 3.05) is 40.3 Å². The van der Waals surface area contributed by atoms with Gasteiger partial charge in [-0.25, -0.2) is 0 Å². The molecule has 1 aromatic rings. The number of likely N-dealkylation sites (N-methyl/N-ethyl adjacent to an activating group) is 1. The zero-order valence-electron chi connectivity index (χ0n) is 12.2. The van der Waals surface area contributed by atoms with E-state index in [9.17, 15) is 0 Å². The first-order valence-electron chi connectivity index (χ1n) is 6.93. The molecule has 2 unspecified atom stereocenters. The number of para-hydroxylation sites is 1. The highest BCUT2D eigenvalue weighted by atomic mass is 16.5. The lowest BCUT2D eigenvalue weighted by Crippen LogP contribution is -2.51. The molecule has 4 nitrogen and oxygen atoms in total. The Labute approximate surface area is 116 Å². The van der Waals surface area contributed by atoms with Gasteiger partial charge in [-0.15, -0.1) is 0 Å². The fraction of sp³-hybridized carbons (Fsp3) is 0.600. The molecule has 0 aromatic heterocycles. The van der Waals surface area contributed by atoms with Crippen LogP contribution in [0.1, 0.15) is 18.5 Å². The lowest BCUT2D eigenvalue weighted by Gasteiger charge is -2.38.